The molecular formula is C55H42N5+. The van der Waals surface area contributed by atoms with Gasteiger partial charge in [-0.15, -0.1) is 0 Å². The van der Waals surface area contributed by atoms with Crippen LogP contribution in [0, 0.1) is 0 Å². The zero-order valence-electron chi connectivity index (χ0n) is 33.8. The maximum absolute atomic E-state index is 5.57. The number of hydrogen-bond acceptors (Lipinski definition) is 2. The van der Waals surface area contributed by atoms with Crippen LogP contribution < -0.4 is 5.32 Å². The summed E-state index contributed by atoms with van der Waals surface area (Å²) in [6, 6.07) is 68.3. The van der Waals surface area contributed by atoms with E-state index in [1.807, 2.05) is 0 Å². The van der Waals surface area contributed by atoms with Crippen LogP contribution >= 0.6 is 0 Å². The van der Waals surface area contributed by atoms with Gasteiger partial charge in [0, 0.05) is 55.0 Å². The van der Waals surface area contributed by atoms with Crippen LogP contribution in [0.15, 0.2) is 193 Å². The van der Waals surface area contributed by atoms with Crippen LogP contribution in [-0.2, 0) is 5.41 Å². The fraction of sp³-hybridized carbons (Fsp3) is 0.0909. The smallest absolute Gasteiger partial charge is 0.285 e. The van der Waals surface area contributed by atoms with Gasteiger partial charge >= 0.3 is 0 Å². The molecular weight excluding hydrogens is 731 g/mol. The molecule has 3 heterocycles. The fourth-order valence-electron chi connectivity index (χ4n) is 10.2. The van der Waals surface area contributed by atoms with Crippen molar-refractivity contribution in [1.29, 1.82) is 0 Å². The van der Waals surface area contributed by atoms with Gasteiger partial charge in [0.05, 0.1) is 34.7 Å². The van der Waals surface area contributed by atoms with Crippen LogP contribution in [0.25, 0.3) is 66.1 Å². The monoisotopic (exact) mass is 772 g/mol. The molecule has 0 fully saturated rings. The normalized spacial score (nSPS) is 15.7. The number of para-hydroxylation sites is 3. The van der Waals surface area contributed by atoms with E-state index in [0.29, 0.717) is 0 Å². The van der Waals surface area contributed by atoms with E-state index in [-0.39, 0.29) is 11.6 Å². The molecule has 1 atom stereocenters. The Labute approximate surface area is 348 Å². The molecule has 1 N–H and O–H groups in total. The number of amidine groups is 2. The quantitative estimate of drug-likeness (QED) is 0.174. The van der Waals surface area contributed by atoms with Gasteiger partial charge in [-0.1, -0.05) is 141 Å². The Balaban J connectivity index is 1.05. The Morgan fingerprint density at radius 1 is 0.517 bits per heavy atom. The summed E-state index contributed by atoms with van der Waals surface area (Å²) >= 11 is 0. The third kappa shape index (κ3) is 4.99. The third-order valence-electron chi connectivity index (χ3n) is 13.0. The van der Waals surface area contributed by atoms with Crippen molar-refractivity contribution in [3.05, 3.63) is 216 Å². The van der Waals surface area contributed by atoms with Crippen LogP contribution in [0.4, 0.5) is 0 Å². The van der Waals surface area contributed by atoms with Crippen LogP contribution in [0.2, 0.25) is 0 Å². The molecule has 8 aromatic carbocycles. The van der Waals surface area contributed by atoms with Crippen molar-refractivity contribution in [3.8, 4) is 22.5 Å². The molecule has 0 bridgehead atoms. The summed E-state index contributed by atoms with van der Waals surface area (Å²) in [4.78, 5) is 5.57. The molecule has 5 heteroatoms. The molecule has 60 heavy (non-hydrogen) atoms. The standard InChI is InChI=1S/C55H41N5/c1-55(2)45-27-11-7-26-44(45)50-46(55)32-31-43-42-25-10-14-30-49(42)60(51(43)50)39-22-16-20-37(34-39)54-57-52(56-53(58(54)3)35-17-5-4-6-18-35)36-19-15-21-38(33-36)59-47-28-12-8-23-40(47)41-24-9-13-29-48(41)59/h4-34,54H,1-3H3/p+1. The molecule has 0 amide bonds. The minimum absolute atomic E-state index is 0.102. The molecule has 10 aromatic rings. The van der Waals surface area contributed by atoms with Crippen molar-refractivity contribution in [2.24, 2.45) is 4.99 Å². The Kier molecular flexibility index (Phi) is 7.48. The highest BCUT2D eigenvalue weighted by Crippen LogP contribution is 2.53. The summed E-state index contributed by atoms with van der Waals surface area (Å²) in [6.07, 6.45) is -0.299. The predicted molar refractivity (Wildman–Crippen MR) is 248 cm³/mol. The maximum atomic E-state index is 5.57. The first kappa shape index (κ1) is 34.5. The van der Waals surface area contributed by atoms with Gasteiger partial charge in [-0.05, 0) is 77.4 Å². The molecule has 0 saturated carbocycles. The summed E-state index contributed by atoms with van der Waals surface area (Å²) < 4.78 is 7.14. The zero-order chi connectivity index (χ0) is 40.1. The molecule has 2 aliphatic rings. The van der Waals surface area contributed by atoms with Crippen LogP contribution in [0.5, 0.6) is 0 Å². The van der Waals surface area contributed by atoms with E-state index in [4.69, 9.17) is 4.99 Å². The van der Waals surface area contributed by atoms with Gasteiger partial charge in [0.15, 0.2) is 0 Å². The van der Waals surface area contributed by atoms with Gasteiger partial charge < -0.3 is 9.13 Å². The second kappa shape index (κ2) is 13.0. The SMILES string of the molecule is C[N+]1=C(c2ccccc2)NC(c2cccc(-n3c4ccccc4c4ccccc43)c2)=NC1c1cccc(-n2c3ccccc3c3ccc4c(c32)-c2ccccc2C4(C)C)c1. The van der Waals surface area contributed by atoms with Crippen molar-refractivity contribution in [3.63, 3.8) is 0 Å². The van der Waals surface area contributed by atoms with Crippen LogP contribution in [-0.4, -0.2) is 32.4 Å². The van der Waals surface area contributed by atoms with E-state index >= 15 is 0 Å². The van der Waals surface area contributed by atoms with Gasteiger partial charge in [0.1, 0.15) is 0 Å². The average molecular weight is 773 g/mol. The highest BCUT2D eigenvalue weighted by molar-refractivity contribution is 6.16. The van der Waals surface area contributed by atoms with Crippen molar-refractivity contribution in [1.82, 2.24) is 14.5 Å². The molecule has 0 saturated heterocycles. The van der Waals surface area contributed by atoms with E-state index < -0.39 is 0 Å². The van der Waals surface area contributed by atoms with Crippen LogP contribution in [0.3, 0.4) is 0 Å². The lowest BCUT2D eigenvalue weighted by molar-refractivity contribution is -0.545. The molecule has 1 unspecified atom stereocenters. The van der Waals surface area contributed by atoms with E-state index in [2.05, 4.69) is 228 Å². The van der Waals surface area contributed by atoms with E-state index in [9.17, 15) is 0 Å². The lowest BCUT2D eigenvalue weighted by atomic mass is 9.82. The fourth-order valence-corrected chi connectivity index (χ4v) is 10.2. The number of rotatable bonds is 5. The van der Waals surface area contributed by atoms with Crippen molar-refractivity contribution in [2.45, 2.75) is 25.4 Å². The highest BCUT2D eigenvalue weighted by Gasteiger charge is 2.38. The molecule has 0 spiro atoms. The molecule has 0 radical (unpaired) electrons. The highest BCUT2D eigenvalue weighted by atomic mass is 15.3. The van der Waals surface area contributed by atoms with Gasteiger partial charge in [-0.2, -0.15) is 4.99 Å². The third-order valence-corrected chi connectivity index (χ3v) is 13.0. The predicted octanol–water partition coefficient (Wildman–Crippen LogP) is 12.3. The second-order valence-electron chi connectivity index (χ2n) is 16.7. The Morgan fingerprint density at radius 2 is 1.10 bits per heavy atom. The molecule has 12 rings (SSSR count). The summed E-state index contributed by atoms with van der Waals surface area (Å²) in [5.41, 5.74) is 15.6. The number of fused-ring (bicyclic) bond motifs is 10. The topological polar surface area (TPSA) is 37.3 Å². The first-order valence-electron chi connectivity index (χ1n) is 20.8. The second-order valence-corrected chi connectivity index (χ2v) is 16.7. The lowest BCUT2D eigenvalue weighted by Gasteiger charge is -2.23. The van der Waals surface area contributed by atoms with Gasteiger partial charge in [-0.25, -0.2) is 9.89 Å². The molecule has 1 aliphatic heterocycles. The lowest BCUT2D eigenvalue weighted by Crippen LogP contribution is -2.43. The maximum Gasteiger partial charge on any atom is 0.285 e. The van der Waals surface area contributed by atoms with Gasteiger partial charge in [-0.3, -0.25) is 0 Å². The van der Waals surface area contributed by atoms with E-state index in [0.717, 1.165) is 39.7 Å². The first-order valence-corrected chi connectivity index (χ1v) is 20.8. The van der Waals surface area contributed by atoms with Crippen molar-refractivity contribution < 1.29 is 4.58 Å². The summed E-state index contributed by atoms with van der Waals surface area (Å²) in [6.45, 7) is 4.72. The number of benzene rings is 8. The number of hydrogen-bond donors (Lipinski definition) is 1. The number of aliphatic imine (C=N–C) groups is 1. The van der Waals surface area contributed by atoms with E-state index in [1.54, 1.807) is 0 Å². The summed E-state index contributed by atoms with van der Waals surface area (Å²) in [5, 5.41) is 8.81. The average Bonchev–Trinajstić information content (AvgIpc) is 3.90. The zero-order valence-corrected chi connectivity index (χ0v) is 33.8. The molecule has 2 aromatic heterocycles. The Hall–Kier alpha value is -7.50. The number of nitrogens with one attached hydrogen (secondary N) is 1. The minimum atomic E-state index is -0.299. The van der Waals surface area contributed by atoms with Crippen molar-refractivity contribution in [2.75, 3.05) is 7.05 Å². The van der Waals surface area contributed by atoms with E-state index in [1.165, 1.54) is 65.9 Å². The molecule has 5 nitrogen and oxygen atoms in total. The number of nitrogens with zero attached hydrogens (tertiary/aromatic N) is 4. The van der Waals surface area contributed by atoms with Crippen LogP contribution in [0.1, 0.15) is 47.8 Å². The Morgan fingerprint density at radius 3 is 1.83 bits per heavy atom. The minimum Gasteiger partial charge on any atom is -0.309 e. The summed E-state index contributed by atoms with van der Waals surface area (Å²) in [5.74, 6) is 1.84. The van der Waals surface area contributed by atoms with Gasteiger partial charge in [0.25, 0.3) is 5.84 Å². The molecule has 286 valence electrons. The van der Waals surface area contributed by atoms with Crippen molar-refractivity contribution >= 4 is 55.3 Å². The summed E-state index contributed by atoms with van der Waals surface area (Å²) in [7, 11) is 2.15. The number of aromatic nitrogens is 2. The Bertz CT molecular complexity index is 3400. The molecule has 1 aliphatic carbocycles. The largest absolute Gasteiger partial charge is 0.309 e. The van der Waals surface area contributed by atoms with Gasteiger partial charge in [0.2, 0.25) is 12.0 Å². The first-order chi connectivity index (χ1) is 29.5.